The number of rotatable bonds is 5. The molecule has 0 aromatic heterocycles. The lowest BCUT2D eigenvalue weighted by Crippen LogP contribution is -2.61. The van der Waals surface area contributed by atoms with E-state index in [0.29, 0.717) is 31.5 Å². The molecule has 0 radical (unpaired) electrons. The van der Waals surface area contributed by atoms with Crippen molar-refractivity contribution >= 4 is 12.1 Å². The first-order valence-electron chi connectivity index (χ1n) is 11.5. The molecule has 30 heavy (non-hydrogen) atoms. The van der Waals surface area contributed by atoms with Gasteiger partial charge in [0, 0.05) is 18.9 Å². The van der Waals surface area contributed by atoms with Gasteiger partial charge < -0.3 is 14.0 Å². The lowest BCUT2D eigenvalue weighted by molar-refractivity contribution is -0.947. The topological polar surface area (TPSA) is 55.8 Å². The fourth-order valence-electron chi connectivity index (χ4n) is 5.75. The van der Waals surface area contributed by atoms with Crippen molar-refractivity contribution in [2.75, 3.05) is 33.3 Å². The SMILES string of the molecule is C[N@+]12CCCC[C@H]1[C@@H](COC(=O)[C@@H]1CCCN1C(=O)OCc1ccccc1)CCC2. The van der Waals surface area contributed by atoms with E-state index in [0.717, 1.165) is 22.9 Å². The number of carbonyl (C=O) groups is 2. The van der Waals surface area contributed by atoms with Gasteiger partial charge in [-0.3, -0.25) is 4.90 Å². The van der Waals surface area contributed by atoms with Gasteiger partial charge in [-0.1, -0.05) is 30.3 Å². The third-order valence-corrected chi connectivity index (χ3v) is 7.41. The van der Waals surface area contributed by atoms with Crippen LogP contribution in [0.15, 0.2) is 30.3 Å². The van der Waals surface area contributed by atoms with E-state index in [-0.39, 0.29) is 12.6 Å². The fourth-order valence-corrected chi connectivity index (χ4v) is 5.75. The third-order valence-electron chi connectivity index (χ3n) is 7.41. The minimum Gasteiger partial charge on any atom is -0.464 e. The molecule has 6 nitrogen and oxygen atoms in total. The number of fused-ring (bicyclic) bond motifs is 1. The van der Waals surface area contributed by atoms with Crippen LogP contribution >= 0.6 is 0 Å². The first-order chi connectivity index (χ1) is 14.6. The minimum absolute atomic E-state index is 0.220. The van der Waals surface area contributed by atoms with E-state index in [9.17, 15) is 9.59 Å². The Kier molecular flexibility index (Phi) is 6.61. The van der Waals surface area contributed by atoms with Gasteiger partial charge in [0.25, 0.3) is 0 Å². The summed E-state index contributed by atoms with van der Waals surface area (Å²) in [6.45, 7) is 3.75. The minimum atomic E-state index is -0.510. The summed E-state index contributed by atoms with van der Waals surface area (Å²) in [5, 5.41) is 0. The molecular formula is C24H35N2O4+. The zero-order valence-corrected chi connectivity index (χ0v) is 18.1. The molecule has 0 saturated carbocycles. The first-order valence-corrected chi connectivity index (χ1v) is 11.5. The summed E-state index contributed by atoms with van der Waals surface area (Å²) in [6, 6.07) is 9.70. The Bertz CT molecular complexity index is 736. The number of ether oxygens (including phenoxy) is 2. The van der Waals surface area contributed by atoms with Crippen LogP contribution in [0.25, 0.3) is 0 Å². The van der Waals surface area contributed by atoms with E-state index in [2.05, 4.69) is 7.05 Å². The van der Waals surface area contributed by atoms with Crippen LogP contribution < -0.4 is 0 Å². The maximum absolute atomic E-state index is 12.8. The van der Waals surface area contributed by atoms with Crippen LogP contribution in [-0.2, 0) is 20.9 Å². The molecule has 4 rings (SSSR count). The van der Waals surface area contributed by atoms with Gasteiger partial charge in [0.2, 0.25) is 0 Å². The first kappa shape index (κ1) is 21.2. The van der Waals surface area contributed by atoms with E-state index in [1.165, 1.54) is 38.8 Å². The molecule has 0 bridgehead atoms. The molecule has 164 valence electrons. The lowest BCUT2D eigenvalue weighted by Gasteiger charge is -2.51. The van der Waals surface area contributed by atoms with Gasteiger partial charge >= 0.3 is 12.1 Å². The summed E-state index contributed by atoms with van der Waals surface area (Å²) in [6.07, 6.45) is 7.21. The van der Waals surface area contributed by atoms with Crippen molar-refractivity contribution < 1.29 is 23.5 Å². The molecule has 1 aromatic rings. The van der Waals surface area contributed by atoms with Gasteiger partial charge in [-0.25, -0.2) is 9.59 Å². The van der Waals surface area contributed by atoms with Gasteiger partial charge in [0.05, 0.1) is 32.8 Å². The second-order valence-electron chi connectivity index (χ2n) is 9.41. The average Bonchev–Trinajstić information content (AvgIpc) is 3.26. The number of benzene rings is 1. The fraction of sp³-hybridized carbons (Fsp3) is 0.667. The van der Waals surface area contributed by atoms with Crippen LogP contribution in [0.1, 0.15) is 50.5 Å². The zero-order valence-electron chi connectivity index (χ0n) is 18.1. The average molecular weight is 416 g/mol. The van der Waals surface area contributed by atoms with Crippen molar-refractivity contribution in [2.45, 2.75) is 63.6 Å². The number of likely N-dealkylation sites (tertiary alicyclic amines) is 1. The number of amides is 1. The molecule has 3 aliphatic rings. The summed E-state index contributed by atoms with van der Waals surface area (Å²) >= 11 is 0. The van der Waals surface area contributed by atoms with Crippen molar-refractivity contribution in [3.8, 4) is 0 Å². The molecule has 0 N–H and O–H groups in total. The largest absolute Gasteiger partial charge is 0.464 e. The molecular weight excluding hydrogens is 380 g/mol. The number of piperidine rings is 2. The smallest absolute Gasteiger partial charge is 0.410 e. The Balaban J connectivity index is 1.29. The predicted molar refractivity (Wildman–Crippen MR) is 114 cm³/mol. The molecule has 4 atom stereocenters. The summed E-state index contributed by atoms with van der Waals surface area (Å²) in [5.74, 6) is 0.174. The van der Waals surface area contributed by atoms with E-state index >= 15 is 0 Å². The van der Waals surface area contributed by atoms with Crippen molar-refractivity contribution in [1.29, 1.82) is 0 Å². The summed E-state index contributed by atoms with van der Waals surface area (Å²) in [7, 11) is 2.37. The second kappa shape index (κ2) is 9.38. The van der Waals surface area contributed by atoms with E-state index in [4.69, 9.17) is 9.47 Å². The Morgan fingerprint density at radius 1 is 1.00 bits per heavy atom. The highest BCUT2D eigenvalue weighted by atomic mass is 16.6. The van der Waals surface area contributed by atoms with Crippen molar-refractivity contribution in [3.63, 3.8) is 0 Å². The van der Waals surface area contributed by atoms with Crippen LogP contribution in [0.3, 0.4) is 0 Å². The van der Waals surface area contributed by atoms with Gasteiger partial charge in [-0.05, 0) is 44.1 Å². The number of hydrogen-bond acceptors (Lipinski definition) is 4. The predicted octanol–water partition coefficient (Wildman–Crippen LogP) is 3.74. The van der Waals surface area contributed by atoms with Gasteiger partial charge in [0.1, 0.15) is 12.6 Å². The van der Waals surface area contributed by atoms with Crippen molar-refractivity contribution in [3.05, 3.63) is 35.9 Å². The van der Waals surface area contributed by atoms with Crippen molar-refractivity contribution in [1.82, 2.24) is 4.90 Å². The Morgan fingerprint density at radius 2 is 1.80 bits per heavy atom. The number of quaternary nitrogens is 1. The van der Waals surface area contributed by atoms with Crippen LogP contribution in [0.4, 0.5) is 4.79 Å². The molecule has 0 unspecified atom stereocenters. The molecule has 3 heterocycles. The Hall–Kier alpha value is -2.08. The van der Waals surface area contributed by atoms with Crippen LogP contribution in [0.5, 0.6) is 0 Å². The van der Waals surface area contributed by atoms with E-state index in [1.807, 2.05) is 30.3 Å². The molecule has 0 spiro atoms. The standard InChI is InChI=1S/C24H35N2O4/c1-26-15-6-5-13-22(26)20(11-8-16-26)18-29-23(27)21-12-7-14-25(21)24(28)30-17-19-9-3-2-4-10-19/h2-4,9-10,20-22H,5-8,11-18H2,1H3/q+1/t20-,21+,22+,26-/m1/s1. The number of carbonyl (C=O) groups excluding carboxylic acids is 2. The summed E-state index contributed by atoms with van der Waals surface area (Å²) in [4.78, 5) is 27.0. The van der Waals surface area contributed by atoms with Crippen LogP contribution in [-0.4, -0.2) is 66.8 Å². The van der Waals surface area contributed by atoms with E-state index in [1.54, 1.807) is 4.90 Å². The molecule has 3 saturated heterocycles. The molecule has 1 amide bonds. The zero-order chi connectivity index (χ0) is 21.0. The number of hydrogen-bond donors (Lipinski definition) is 0. The molecule has 0 aliphatic carbocycles. The third kappa shape index (κ3) is 4.64. The molecule has 3 fully saturated rings. The highest BCUT2D eigenvalue weighted by Gasteiger charge is 2.44. The molecule has 3 aliphatic heterocycles. The van der Waals surface area contributed by atoms with Crippen LogP contribution in [0.2, 0.25) is 0 Å². The van der Waals surface area contributed by atoms with Gasteiger partial charge in [-0.15, -0.1) is 0 Å². The normalized spacial score (nSPS) is 31.1. The number of esters is 1. The maximum Gasteiger partial charge on any atom is 0.410 e. The highest BCUT2D eigenvalue weighted by Crippen LogP contribution is 2.36. The monoisotopic (exact) mass is 415 g/mol. The Morgan fingerprint density at radius 3 is 2.63 bits per heavy atom. The second-order valence-corrected chi connectivity index (χ2v) is 9.41. The van der Waals surface area contributed by atoms with Crippen LogP contribution in [0, 0.1) is 5.92 Å². The van der Waals surface area contributed by atoms with E-state index < -0.39 is 12.1 Å². The number of nitrogens with zero attached hydrogens (tertiary/aromatic N) is 2. The summed E-state index contributed by atoms with van der Waals surface area (Å²) in [5.41, 5.74) is 0.940. The quantitative estimate of drug-likeness (QED) is 0.543. The van der Waals surface area contributed by atoms with Gasteiger partial charge in [-0.2, -0.15) is 0 Å². The lowest BCUT2D eigenvalue weighted by atomic mass is 9.82. The molecule has 1 aromatic carbocycles. The highest BCUT2D eigenvalue weighted by molar-refractivity contribution is 5.82. The molecule has 6 heteroatoms. The Labute approximate surface area is 179 Å². The summed E-state index contributed by atoms with van der Waals surface area (Å²) < 4.78 is 12.4. The van der Waals surface area contributed by atoms with Gasteiger partial charge in [0.15, 0.2) is 0 Å². The maximum atomic E-state index is 12.8. The van der Waals surface area contributed by atoms with Crippen molar-refractivity contribution in [2.24, 2.45) is 5.92 Å².